The van der Waals surface area contributed by atoms with Crippen LogP contribution in [-0.2, 0) is 16.1 Å². The lowest BCUT2D eigenvalue weighted by Gasteiger charge is -2.06. The van der Waals surface area contributed by atoms with Gasteiger partial charge in [-0.2, -0.15) is 4.80 Å². The molecule has 0 aliphatic rings. The molecule has 1 aromatic carbocycles. The number of hydrogen-bond donors (Lipinski definition) is 1. The number of amides is 1. The van der Waals surface area contributed by atoms with Crippen molar-refractivity contribution in [3.63, 3.8) is 0 Å². The predicted molar refractivity (Wildman–Crippen MR) is 93.5 cm³/mol. The fraction of sp³-hybridized carbons (Fsp3) is 0.235. The number of methoxy groups -OCH3 is 1. The van der Waals surface area contributed by atoms with Crippen LogP contribution in [0.3, 0.4) is 0 Å². The molecule has 0 aliphatic heterocycles. The van der Waals surface area contributed by atoms with Crippen molar-refractivity contribution in [2.24, 2.45) is 0 Å². The third-order valence-corrected chi connectivity index (χ3v) is 3.33. The van der Waals surface area contributed by atoms with Crippen molar-refractivity contribution >= 4 is 11.6 Å². The van der Waals surface area contributed by atoms with Gasteiger partial charge in [0.2, 0.25) is 17.6 Å². The van der Waals surface area contributed by atoms with Crippen molar-refractivity contribution in [3.05, 3.63) is 48.7 Å². The molecule has 2 heterocycles. The highest BCUT2D eigenvalue weighted by atomic mass is 16.5. The van der Waals surface area contributed by atoms with E-state index in [0.29, 0.717) is 30.6 Å². The van der Waals surface area contributed by atoms with Crippen molar-refractivity contribution in [1.29, 1.82) is 0 Å². The maximum Gasteiger partial charge on any atom is 0.248 e. The first-order valence-electron chi connectivity index (χ1n) is 7.95. The molecule has 1 amide bonds. The predicted octanol–water partition coefficient (Wildman–Crippen LogP) is 1.40. The van der Waals surface area contributed by atoms with E-state index in [1.54, 1.807) is 19.2 Å². The van der Waals surface area contributed by atoms with E-state index >= 15 is 0 Å². The number of aromatic nitrogens is 5. The molecule has 1 N–H and O–H groups in total. The monoisotopic (exact) mass is 354 g/mol. The second-order valence-electron chi connectivity index (χ2n) is 5.28. The highest BCUT2D eigenvalue weighted by Crippen LogP contribution is 2.13. The number of rotatable bonds is 8. The number of nitrogens with one attached hydrogen (secondary N) is 1. The molecule has 26 heavy (non-hydrogen) atoms. The van der Waals surface area contributed by atoms with E-state index < -0.39 is 0 Å². The molecule has 0 bridgehead atoms. The van der Waals surface area contributed by atoms with Gasteiger partial charge < -0.3 is 14.8 Å². The molecule has 0 radical (unpaired) electrons. The summed E-state index contributed by atoms with van der Waals surface area (Å²) in [7, 11) is 1.60. The van der Waals surface area contributed by atoms with Crippen molar-refractivity contribution in [1.82, 2.24) is 25.2 Å². The Morgan fingerprint density at radius 1 is 1.15 bits per heavy atom. The summed E-state index contributed by atoms with van der Waals surface area (Å²) in [6.45, 7) is 0.846. The Morgan fingerprint density at radius 2 is 2.00 bits per heavy atom. The minimum Gasteiger partial charge on any atom is -0.475 e. The Balaban J connectivity index is 1.53. The first-order chi connectivity index (χ1) is 12.7. The number of anilines is 1. The van der Waals surface area contributed by atoms with Gasteiger partial charge >= 0.3 is 0 Å². The lowest BCUT2D eigenvalue weighted by molar-refractivity contribution is -0.117. The van der Waals surface area contributed by atoms with Gasteiger partial charge in [0.1, 0.15) is 13.2 Å². The summed E-state index contributed by atoms with van der Waals surface area (Å²) < 4.78 is 10.3. The molecule has 0 saturated heterocycles. The van der Waals surface area contributed by atoms with E-state index in [4.69, 9.17) is 9.47 Å². The van der Waals surface area contributed by atoms with Crippen LogP contribution in [0.25, 0.3) is 11.4 Å². The molecule has 2 aromatic heterocycles. The molecule has 0 fully saturated rings. The summed E-state index contributed by atoms with van der Waals surface area (Å²) >= 11 is 0. The standard InChI is InChI=1S/C17H18N6O3/c1-25-9-10-26-16-8-7-14(11-18-16)19-15(24)12-23-21-17(20-22-23)13-5-3-2-4-6-13/h2-8,11H,9-10,12H2,1H3,(H,19,24). The highest BCUT2D eigenvalue weighted by molar-refractivity contribution is 5.90. The van der Waals surface area contributed by atoms with E-state index in [0.717, 1.165) is 5.56 Å². The van der Waals surface area contributed by atoms with Crippen molar-refractivity contribution in [2.75, 3.05) is 25.6 Å². The normalized spacial score (nSPS) is 10.5. The fourth-order valence-electron chi connectivity index (χ4n) is 2.11. The number of hydrogen-bond acceptors (Lipinski definition) is 7. The van der Waals surface area contributed by atoms with Crippen LogP contribution in [0, 0.1) is 0 Å². The number of pyridine rings is 1. The quantitative estimate of drug-likeness (QED) is 0.610. The lowest BCUT2D eigenvalue weighted by Crippen LogP contribution is -2.20. The average molecular weight is 354 g/mol. The van der Waals surface area contributed by atoms with Gasteiger partial charge in [0, 0.05) is 18.7 Å². The summed E-state index contributed by atoms with van der Waals surface area (Å²) in [4.78, 5) is 17.5. The van der Waals surface area contributed by atoms with Crippen LogP contribution >= 0.6 is 0 Å². The minimum atomic E-state index is -0.281. The molecular weight excluding hydrogens is 336 g/mol. The maximum absolute atomic E-state index is 12.1. The van der Waals surface area contributed by atoms with Crippen LogP contribution in [0.5, 0.6) is 5.88 Å². The maximum atomic E-state index is 12.1. The van der Waals surface area contributed by atoms with Crippen LogP contribution < -0.4 is 10.1 Å². The van der Waals surface area contributed by atoms with E-state index in [1.165, 1.54) is 11.0 Å². The molecule has 9 nitrogen and oxygen atoms in total. The van der Waals surface area contributed by atoms with Gasteiger partial charge in [-0.15, -0.1) is 10.2 Å². The summed E-state index contributed by atoms with van der Waals surface area (Å²) in [5, 5.41) is 14.8. The molecule has 0 saturated carbocycles. The molecule has 3 aromatic rings. The van der Waals surface area contributed by atoms with Gasteiger partial charge in [0.05, 0.1) is 18.5 Å². The van der Waals surface area contributed by atoms with E-state index in [-0.39, 0.29) is 12.5 Å². The molecule has 0 aliphatic carbocycles. The molecule has 0 atom stereocenters. The Labute approximate surface area is 150 Å². The zero-order valence-electron chi connectivity index (χ0n) is 14.2. The van der Waals surface area contributed by atoms with E-state index in [1.807, 2.05) is 30.3 Å². The van der Waals surface area contributed by atoms with Gasteiger partial charge in [-0.05, 0) is 11.3 Å². The van der Waals surface area contributed by atoms with Gasteiger partial charge in [-0.3, -0.25) is 4.79 Å². The van der Waals surface area contributed by atoms with Crippen molar-refractivity contribution in [2.45, 2.75) is 6.54 Å². The van der Waals surface area contributed by atoms with Crippen molar-refractivity contribution in [3.8, 4) is 17.3 Å². The SMILES string of the molecule is COCCOc1ccc(NC(=O)Cn2nnc(-c3ccccc3)n2)cn1. The third-order valence-electron chi connectivity index (χ3n) is 3.33. The van der Waals surface area contributed by atoms with E-state index in [9.17, 15) is 4.79 Å². The molecule has 3 rings (SSSR count). The molecule has 0 unspecified atom stereocenters. The second-order valence-corrected chi connectivity index (χ2v) is 5.28. The fourth-order valence-corrected chi connectivity index (χ4v) is 2.11. The number of benzene rings is 1. The average Bonchev–Trinajstić information content (AvgIpc) is 3.12. The van der Waals surface area contributed by atoms with Gasteiger partial charge in [0.25, 0.3) is 0 Å². The van der Waals surface area contributed by atoms with Crippen LogP contribution in [0.1, 0.15) is 0 Å². The zero-order valence-corrected chi connectivity index (χ0v) is 14.2. The lowest BCUT2D eigenvalue weighted by atomic mass is 10.2. The summed E-state index contributed by atoms with van der Waals surface area (Å²) in [5.41, 5.74) is 1.39. The Hall–Kier alpha value is -3.33. The van der Waals surface area contributed by atoms with Crippen LogP contribution in [0.4, 0.5) is 5.69 Å². The number of ether oxygens (including phenoxy) is 2. The summed E-state index contributed by atoms with van der Waals surface area (Å²) in [6.07, 6.45) is 1.52. The van der Waals surface area contributed by atoms with Crippen LogP contribution in [0.15, 0.2) is 48.7 Å². The van der Waals surface area contributed by atoms with Crippen LogP contribution in [-0.4, -0.2) is 51.4 Å². The second kappa shape index (κ2) is 8.67. The number of nitrogens with zero attached hydrogens (tertiary/aromatic N) is 5. The first kappa shape index (κ1) is 17.5. The topological polar surface area (TPSA) is 104 Å². The largest absolute Gasteiger partial charge is 0.475 e. The number of carbonyl (C=O) groups is 1. The molecular formula is C17H18N6O3. The zero-order chi connectivity index (χ0) is 18.2. The van der Waals surface area contributed by atoms with E-state index in [2.05, 4.69) is 25.7 Å². The summed E-state index contributed by atoms with van der Waals surface area (Å²) in [5.74, 6) is 0.653. The third kappa shape index (κ3) is 4.84. The smallest absolute Gasteiger partial charge is 0.248 e. The first-order valence-corrected chi connectivity index (χ1v) is 7.95. The minimum absolute atomic E-state index is 0.0497. The Bertz CT molecular complexity index is 835. The Morgan fingerprint density at radius 3 is 2.73 bits per heavy atom. The van der Waals surface area contributed by atoms with Crippen LogP contribution in [0.2, 0.25) is 0 Å². The van der Waals surface area contributed by atoms with Gasteiger partial charge in [0.15, 0.2) is 0 Å². The molecule has 9 heteroatoms. The highest BCUT2D eigenvalue weighted by Gasteiger charge is 2.09. The number of tetrazole rings is 1. The number of carbonyl (C=O) groups excluding carboxylic acids is 1. The molecule has 134 valence electrons. The van der Waals surface area contributed by atoms with Gasteiger partial charge in [-0.25, -0.2) is 4.98 Å². The summed E-state index contributed by atoms with van der Waals surface area (Å²) in [6, 6.07) is 12.8. The van der Waals surface area contributed by atoms with Crippen molar-refractivity contribution < 1.29 is 14.3 Å². The molecule has 0 spiro atoms. The Kier molecular flexibility index (Phi) is 5.84. The van der Waals surface area contributed by atoms with Gasteiger partial charge in [-0.1, -0.05) is 30.3 Å².